The van der Waals surface area contributed by atoms with Crippen molar-refractivity contribution in [3.05, 3.63) is 84.2 Å². The van der Waals surface area contributed by atoms with E-state index < -0.39 is 0 Å². The van der Waals surface area contributed by atoms with E-state index in [1.807, 2.05) is 12.1 Å². The van der Waals surface area contributed by atoms with E-state index in [0.29, 0.717) is 50.4 Å². The standard InChI is InChI=1S/C28H27ClFN7O/c1-3-26(38)31-19-5-4-6-20(16-19)32-27-22-15-18(29)7-9-24(22)34-28(35-27)33-21-8-10-25(23(30)17-21)37-13-11-36(2)12-14-37/h3-10,15-17H,1,11-14H2,2H3,(H,31,38)(H2,32,33,34,35). The Kier molecular flexibility index (Phi) is 7.39. The highest BCUT2D eigenvalue weighted by atomic mass is 35.5. The third-order valence-electron chi connectivity index (χ3n) is 6.28. The minimum absolute atomic E-state index is 0.296. The van der Waals surface area contributed by atoms with Gasteiger partial charge in [0, 0.05) is 53.7 Å². The molecule has 5 rings (SSSR count). The summed E-state index contributed by atoms with van der Waals surface area (Å²) in [6.07, 6.45) is 1.21. The van der Waals surface area contributed by atoms with E-state index in [0.717, 1.165) is 26.2 Å². The van der Waals surface area contributed by atoms with Crippen molar-refractivity contribution in [2.45, 2.75) is 0 Å². The fourth-order valence-corrected chi connectivity index (χ4v) is 4.45. The lowest BCUT2D eigenvalue weighted by atomic mass is 10.2. The largest absolute Gasteiger partial charge is 0.367 e. The molecule has 0 unspecified atom stereocenters. The smallest absolute Gasteiger partial charge is 0.247 e. The fraction of sp³-hybridized carbons (Fsp3) is 0.179. The Morgan fingerprint density at radius 1 is 0.974 bits per heavy atom. The van der Waals surface area contributed by atoms with Crippen molar-refractivity contribution in [1.29, 1.82) is 0 Å². The first kappa shape index (κ1) is 25.4. The molecule has 1 amide bonds. The number of piperazine rings is 1. The highest BCUT2D eigenvalue weighted by Gasteiger charge is 2.18. The normalized spacial score (nSPS) is 13.8. The fourth-order valence-electron chi connectivity index (χ4n) is 4.27. The van der Waals surface area contributed by atoms with Gasteiger partial charge in [0.1, 0.15) is 11.6 Å². The maximum Gasteiger partial charge on any atom is 0.247 e. The van der Waals surface area contributed by atoms with Gasteiger partial charge in [0.2, 0.25) is 11.9 Å². The quantitative estimate of drug-likeness (QED) is 0.260. The van der Waals surface area contributed by atoms with Crippen LogP contribution in [0.4, 0.5) is 38.9 Å². The van der Waals surface area contributed by atoms with E-state index in [4.69, 9.17) is 11.6 Å². The molecule has 38 heavy (non-hydrogen) atoms. The lowest BCUT2D eigenvalue weighted by Gasteiger charge is -2.34. The molecule has 1 saturated heterocycles. The zero-order chi connectivity index (χ0) is 26.6. The average Bonchev–Trinajstić information content (AvgIpc) is 2.90. The van der Waals surface area contributed by atoms with E-state index >= 15 is 4.39 Å². The monoisotopic (exact) mass is 531 g/mol. The number of nitrogens with one attached hydrogen (secondary N) is 3. The molecule has 0 spiro atoms. The van der Waals surface area contributed by atoms with Crippen molar-refractivity contribution in [3.8, 4) is 0 Å². The number of nitrogens with zero attached hydrogens (tertiary/aromatic N) is 4. The topological polar surface area (TPSA) is 85.4 Å². The molecule has 4 aromatic rings. The number of hydrogen-bond donors (Lipinski definition) is 3. The summed E-state index contributed by atoms with van der Waals surface area (Å²) in [6.45, 7) is 6.84. The first-order chi connectivity index (χ1) is 18.4. The molecule has 2 heterocycles. The van der Waals surface area contributed by atoms with Crippen LogP contribution in [-0.2, 0) is 4.79 Å². The summed E-state index contributed by atoms with van der Waals surface area (Å²) >= 11 is 6.26. The zero-order valence-corrected chi connectivity index (χ0v) is 21.6. The van der Waals surface area contributed by atoms with Crippen LogP contribution in [0.1, 0.15) is 0 Å². The third-order valence-corrected chi connectivity index (χ3v) is 6.52. The van der Waals surface area contributed by atoms with Crippen molar-refractivity contribution in [2.24, 2.45) is 0 Å². The number of fused-ring (bicyclic) bond motifs is 1. The van der Waals surface area contributed by atoms with Gasteiger partial charge in [-0.05, 0) is 67.7 Å². The van der Waals surface area contributed by atoms with E-state index in [1.54, 1.807) is 42.5 Å². The maximum absolute atomic E-state index is 15.1. The highest BCUT2D eigenvalue weighted by Crippen LogP contribution is 2.30. The number of benzene rings is 3. The predicted molar refractivity (Wildman–Crippen MR) is 152 cm³/mol. The Labute approximate surface area is 225 Å². The van der Waals surface area contributed by atoms with Crippen LogP contribution in [0.15, 0.2) is 73.3 Å². The van der Waals surface area contributed by atoms with Crippen molar-refractivity contribution >= 4 is 62.9 Å². The first-order valence-electron chi connectivity index (χ1n) is 12.2. The molecule has 0 aliphatic carbocycles. The maximum atomic E-state index is 15.1. The van der Waals surface area contributed by atoms with E-state index in [9.17, 15) is 4.79 Å². The molecule has 1 fully saturated rings. The number of halogens is 2. The van der Waals surface area contributed by atoms with Gasteiger partial charge in [-0.3, -0.25) is 4.79 Å². The Bertz CT molecular complexity index is 1500. The van der Waals surface area contributed by atoms with Crippen LogP contribution in [-0.4, -0.2) is 54.0 Å². The third kappa shape index (κ3) is 5.85. The zero-order valence-electron chi connectivity index (χ0n) is 20.8. The minimum atomic E-state index is -0.307. The summed E-state index contributed by atoms with van der Waals surface area (Å²) in [4.78, 5) is 25.3. The molecule has 1 aliphatic rings. The molecule has 1 aliphatic heterocycles. The second kappa shape index (κ2) is 11.0. The Morgan fingerprint density at radius 2 is 1.74 bits per heavy atom. The molecule has 0 saturated carbocycles. The predicted octanol–water partition coefficient (Wildman–Crippen LogP) is 5.79. The van der Waals surface area contributed by atoms with Crippen LogP contribution in [0.25, 0.3) is 10.9 Å². The molecule has 0 radical (unpaired) electrons. The summed E-state index contributed by atoms with van der Waals surface area (Å²) in [5, 5.41) is 10.4. The van der Waals surface area contributed by atoms with Crippen LogP contribution >= 0.6 is 11.6 Å². The van der Waals surface area contributed by atoms with Crippen molar-refractivity contribution in [1.82, 2.24) is 14.9 Å². The second-order valence-electron chi connectivity index (χ2n) is 9.04. The SMILES string of the molecule is C=CC(=O)Nc1cccc(Nc2nc(Nc3ccc(N4CCN(C)CC4)c(F)c3)nc3ccc(Cl)cc23)c1. The highest BCUT2D eigenvalue weighted by molar-refractivity contribution is 6.31. The number of likely N-dealkylation sites (N-methyl/N-ethyl adjacent to an activating group) is 1. The van der Waals surface area contributed by atoms with Crippen LogP contribution in [0, 0.1) is 5.82 Å². The molecule has 3 N–H and O–H groups in total. The van der Waals surface area contributed by atoms with Gasteiger partial charge in [-0.15, -0.1) is 0 Å². The first-order valence-corrected chi connectivity index (χ1v) is 12.5. The van der Waals surface area contributed by atoms with Gasteiger partial charge in [-0.1, -0.05) is 24.2 Å². The second-order valence-corrected chi connectivity index (χ2v) is 9.47. The molecule has 1 aromatic heterocycles. The molecule has 10 heteroatoms. The summed E-state index contributed by atoms with van der Waals surface area (Å²) in [5.41, 5.74) is 3.07. The van der Waals surface area contributed by atoms with E-state index in [2.05, 4.69) is 49.3 Å². The van der Waals surface area contributed by atoms with Gasteiger partial charge in [0.05, 0.1) is 11.2 Å². The molecular weight excluding hydrogens is 505 g/mol. The number of anilines is 6. The Morgan fingerprint density at radius 3 is 2.50 bits per heavy atom. The number of hydrogen-bond acceptors (Lipinski definition) is 7. The van der Waals surface area contributed by atoms with Crippen molar-refractivity contribution < 1.29 is 9.18 Å². The summed E-state index contributed by atoms with van der Waals surface area (Å²) in [6, 6.07) is 17.6. The molecular formula is C28H27ClFN7O. The molecule has 8 nitrogen and oxygen atoms in total. The van der Waals surface area contributed by atoms with Crippen molar-refractivity contribution in [2.75, 3.05) is 54.1 Å². The number of carbonyl (C=O) groups is 1. The van der Waals surface area contributed by atoms with Gasteiger partial charge >= 0.3 is 0 Å². The van der Waals surface area contributed by atoms with Crippen LogP contribution in [0.2, 0.25) is 5.02 Å². The summed E-state index contributed by atoms with van der Waals surface area (Å²) < 4.78 is 15.1. The number of aromatic nitrogens is 2. The lowest BCUT2D eigenvalue weighted by Crippen LogP contribution is -2.44. The van der Waals surface area contributed by atoms with Gasteiger partial charge < -0.3 is 25.8 Å². The minimum Gasteiger partial charge on any atom is -0.367 e. The van der Waals surface area contributed by atoms with Crippen LogP contribution in [0.5, 0.6) is 0 Å². The van der Waals surface area contributed by atoms with Gasteiger partial charge in [-0.2, -0.15) is 4.98 Å². The number of rotatable bonds is 7. The van der Waals surface area contributed by atoms with Gasteiger partial charge in [-0.25, -0.2) is 9.37 Å². The van der Waals surface area contributed by atoms with E-state index in [1.165, 1.54) is 12.1 Å². The summed E-state index contributed by atoms with van der Waals surface area (Å²) in [7, 11) is 2.07. The van der Waals surface area contributed by atoms with E-state index in [-0.39, 0.29) is 11.7 Å². The summed E-state index contributed by atoms with van der Waals surface area (Å²) in [5.74, 6) is 0.189. The lowest BCUT2D eigenvalue weighted by molar-refractivity contribution is -0.111. The Balaban J connectivity index is 1.43. The molecule has 0 atom stereocenters. The van der Waals surface area contributed by atoms with Crippen molar-refractivity contribution in [3.63, 3.8) is 0 Å². The van der Waals surface area contributed by atoms with Gasteiger partial charge in [0.25, 0.3) is 0 Å². The Hall–Kier alpha value is -4.21. The number of carbonyl (C=O) groups excluding carboxylic acids is 1. The van der Waals surface area contributed by atoms with Gasteiger partial charge in [0.15, 0.2) is 0 Å². The molecule has 3 aromatic carbocycles. The van der Waals surface area contributed by atoms with Crippen LogP contribution < -0.4 is 20.9 Å². The molecule has 194 valence electrons. The number of amides is 1. The molecule has 0 bridgehead atoms. The van der Waals surface area contributed by atoms with Crippen LogP contribution in [0.3, 0.4) is 0 Å². The average molecular weight is 532 g/mol.